The van der Waals surface area contributed by atoms with Crippen molar-refractivity contribution in [3.63, 3.8) is 0 Å². The zero-order valence-corrected chi connectivity index (χ0v) is 11.3. The summed E-state index contributed by atoms with van der Waals surface area (Å²) in [5, 5.41) is 0. The van der Waals surface area contributed by atoms with E-state index in [4.69, 9.17) is 0 Å². The van der Waals surface area contributed by atoms with Gasteiger partial charge < -0.3 is 0 Å². The van der Waals surface area contributed by atoms with Gasteiger partial charge in [0.2, 0.25) is 0 Å². The van der Waals surface area contributed by atoms with Crippen molar-refractivity contribution in [2.24, 2.45) is 0 Å². The van der Waals surface area contributed by atoms with Crippen LogP contribution in [0.15, 0.2) is 30.3 Å². The summed E-state index contributed by atoms with van der Waals surface area (Å²) >= 11 is 0. The Morgan fingerprint density at radius 3 is 2.22 bits per heavy atom. The minimum atomic E-state index is -3.32. The van der Waals surface area contributed by atoms with E-state index in [-0.39, 0.29) is 0 Å². The second-order valence-electron chi connectivity index (χ2n) is 4.63. The molecule has 1 saturated heterocycles. The molecule has 0 radical (unpaired) electrons. The van der Waals surface area contributed by atoms with Crippen molar-refractivity contribution in [3.05, 3.63) is 35.9 Å². The van der Waals surface area contributed by atoms with Crippen LogP contribution in [0.25, 0.3) is 0 Å². The van der Waals surface area contributed by atoms with Crippen LogP contribution in [0.5, 0.6) is 0 Å². The topological polar surface area (TPSA) is 49.4 Å². The molecule has 0 aliphatic carbocycles. The largest absolute Gasteiger partial charge is 0.279 e. The Labute approximate surface area is 109 Å². The molecule has 2 rings (SSSR count). The summed E-state index contributed by atoms with van der Waals surface area (Å²) in [6.45, 7) is 1.65. The van der Waals surface area contributed by atoms with Gasteiger partial charge in [-0.1, -0.05) is 43.2 Å². The van der Waals surface area contributed by atoms with E-state index in [9.17, 15) is 8.42 Å². The van der Waals surface area contributed by atoms with Gasteiger partial charge in [0.05, 0.1) is 0 Å². The van der Waals surface area contributed by atoms with E-state index >= 15 is 0 Å². The van der Waals surface area contributed by atoms with E-state index in [2.05, 4.69) is 4.72 Å². The Morgan fingerprint density at radius 1 is 1.00 bits per heavy atom. The Kier molecular flexibility index (Phi) is 4.74. The lowest BCUT2D eigenvalue weighted by molar-refractivity contribution is 0.414. The normalized spacial score (nSPS) is 18.4. The maximum absolute atomic E-state index is 12.1. The van der Waals surface area contributed by atoms with Crippen LogP contribution in [-0.4, -0.2) is 25.8 Å². The number of nitrogens with one attached hydrogen (secondary N) is 1. The number of hydrogen-bond acceptors (Lipinski definition) is 2. The third kappa shape index (κ3) is 3.80. The monoisotopic (exact) mass is 268 g/mol. The molecule has 0 atom stereocenters. The fourth-order valence-corrected chi connectivity index (χ4v) is 3.41. The molecule has 0 bridgehead atoms. The molecule has 0 saturated carbocycles. The highest BCUT2D eigenvalue weighted by atomic mass is 32.2. The van der Waals surface area contributed by atoms with Gasteiger partial charge in [-0.3, -0.25) is 0 Å². The summed E-state index contributed by atoms with van der Waals surface area (Å²) < 4.78 is 28.5. The fourth-order valence-electron chi connectivity index (χ4n) is 2.14. The predicted molar refractivity (Wildman–Crippen MR) is 72.2 cm³/mol. The van der Waals surface area contributed by atoms with E-state index in [0.29, 0.717) is 19.6 Å². The Balaban J connectivity index is 1.94. The molecule has 1 aliphatic rings. The molecule has 1 aromatic carbocycles. The van der Waals surface area contributed by atoms with Crippen molar-refractivity contribution in [2.75, 3.05) is 13.1 Å². The smallest absolute Gasteiger partial charge is 0.198 e. The summed E-state index contributed by atoms with van der Waals surface area (Å²) in [4.78, 5) is 0. The van der Waals surface area contributed by atoms with Crippen molar-refractivity contribution >= 4 is 10.2 Å². The van der Waals surface area contributed by atoms with Crippen LogP contribution in [-0.2, 0) is 16.8 Å². The summed E-state index contributed by atoms with van der Waals surface area (Å²) in [5.41, 5.74) is 0.982. The Hall–Kier alpha value is -0.910. The zero-order chi connectivity index (χ0) is 12.8. The SMILES string of the molecule is O=S(=O)(NCc1ccccc1)N1CCCCCC1. The van der Waals surface area contributed by atoms with Gasteiger partial charge in [0.25, 0.3) is 10.2 Å². The second-order valence-corrected chi connectivity index (χ2v) is 6.38. The number of hydrogen-bond donors (Lipinski definition) is 1. The molecule has 1 fully saturated rings. The van der Waals surface area contributed by atoms with Crippen molar-refractivity contribution < 1.29 is 8.42 Å². The quantitative estimate of drug-likeness (QED) is 0.906. The molecule has 0 aromatic heterocycles. The van der Waals surface area contributed by atoms with Crippen LogP contribution in [0, 0.1) is 0 Å². The average Bonchev–Trinajstić information content (AvgIpc) is 2.67. The van der Waals surface area contributed by atoms with Gasteiger partial charge in [0.1, 0.15) is 0 Å². The van der Waals surface area contributed by atoms with Crippen LogP contribution < -0.4 is 4.72 Å². The van der Waals surface area contributed by atoms with Crippen LogP contribution >= 0.6 is 0 Å². The summed E-state index contributed by atoms with van der Waals surface area (Å²) in [7, 11) is -3.32. The maximum Gasteiger partial charge on any atom is 0.279 e. The van der Waals surface area contributed by atoms with Crippen LogP contribution in [0.4, 0.5) is 0 Å². The highest BCUT2D eigenvalue weighted by Gasteiger charge is 2.22. The van der Waals surface area contributed by atoms with Gasteiger partial charge in [0.15, 0.2) is 0 Å². The standard InChI is InChI=1S/C13H20N2O2S/c16-18(17,15-10-6-1-2-7-11-15)14-12-13-8-4-3-5-9-13/h3-5,8-9,14H,1-2,6-7,10-12H2. The molecule has 0 amide bonds. The molecule has 4 nitrogen and oxygen atoms in total. The molecule has 1 N–H and O–H groups in total. The third-order valence-corrected chi connectivity index (χ3v) is 4.76. The lowest BCUT2D eigenvalue weighted by Crippen LogP contribution is -2.40. The van der Waals surface area contributed by atoms with E-state index < -0.39 is 10.2 Å². The lowest BCUT2D eigenvalue weighted by Gasteiger charge is -2.20. The summed E-state index contributed by atoms with van der Waals surface area (Å²) in [5.74, 6) is 0. The molecular weight excluding hydrogens is 248 g/mol. The van der Waals surface area contributed by atoms with Gasteiger partial charge in [-0.25, -0.2) is 0 Å². The molecule has 5 heteroatoms. The number of nitrogens with zero attached hydrogens (tertiary/aromatic N) is 1. The molecule has 1 heterocycles. The van der Waals surface area contributed by atoms with Gasteiger partial charge >= 0.3 is 0 Å². The zero-order valence-electron chi connectivity index (χ0n) is 10.5. The first-order valence-corrected chi connectivity index (χ1v) is 7.91. The van der Waals surface area contributed by atoms with Crippen molar-refractivity contribution in [1.29, 1.82) is 0 Å². The third-order valence-electron chi connectivity index (χ3n) is 3.21. The van der Waals surface area contributed by atoms with Gasteiger partial charge in [-0.15, -0.1) is 0 Å². The first-order chi connectivity index (χ1) is 8.68. The summed E-state index contributed by atoms with van der Waals surface area (Å²) in [6.07, 6.45) is 4.19. The van der Waals surface area contributed by atoms with Crippen LogP contribution in [0.1, 0.15) is 31.2 Å². The molecule has 1 aliphatic heterocycles. The van der Waals surface area contributed by atoms with E-state index in [1.54, 1.807) is 4.31 Å². The lowest BCUT2D eigenvalue weighted by atomic mass is 10.2. The van der Waals surface area contributed by atoms with E-state index in [1.165, 1.54) is 0 Å². The number of rotatable bonds is 4. The second kappa shape index (κ2) is 6.31. The molecule has 100 valence electrons. The molecule has 18 heavy (non-hydrogen) atoms. The molecule has 0 unspecified atom stereocenters. The minimum absolute atomic E-state index is 0.361. The molecular formula is C13H20N2O2S. The number of benzene rings is 1. The van der Waals surface area contributed by atoms with Crippen molar-refractivity contribution in [2.45, 2.75) is 32.2 Å². The van der Waals surface area contributed by atoms with E-state index in [1.807, 2.05) is 30.3 Å². The van der Waals surface area contributed by atoms with Gasteiger partial charge in [-0.2, -0.15) is 17.4 Å². The first-order valence-electron chi connectivity index (χ1n) is 6.47. The maximum atomic E-state index is 12.1. The Bertz CT molecular complexity index is 451. The highest BCUT2D eigenvalue weighted by Crippen LogP contribution is 2.12. The Morgan fingerprint density at radius 2 is 1.61 bits per heavy atom. The van der Waals surface area contributed by atoms with Crippen LogP contribution in [0.3, 0.4) is 0 Å². The summed E-state index contributed by atoms with van der Waals surface area (Å²) in [6, 6.07) is 9.59. The first kappa shape index (κ1) is 13.5. The average molecular weight is 268 g/mol. The fraction of sp³-hybridized carbons (Fsp3) is 0.538. The van der Waals surface area contributed by atoms with E-state index in [0.717, 1.165) is 31.2 Å². The highest BCUT2D eigenvalue weighted by molar-refractivity contribution is 7.87. The van der Waals surface area contributed by atoms with Gasteiger partial charge in [0, 0.05) is 19.6 Å². The van der Waals surface area contributed by atoms with Crippen LogP contribution in [0.2, 0.25) is 0 Å². The predicted octanol–water partition coefficient (Wildman–Crippen LogP) is 1.90. The van der Waals surface area contributed by atoms with Gasteiger partial charge in [-0.05, 0) is 18.4 Å². The van der Waals surface area contributed by atoms with Crippen molar-refractivity contribution in [3.8, 4) is 0 Å². The van der Waals surface area contributed by atoms with Crippen molar-refractivity contribution in [1.82, 2.24) is 9.03 Å². The minimum Gasteiger partial charge on any atom is -0.198 e. The molecule has 1 aromatic rings. The molecule has 0 spiro atoms.